The molecule has 0 radical (unpaired) electrons. The van der Waals surface area contributed by atoms with Gasteiger partial charge in [0.15, 0.2) is 11.5 Å². The van der Waals surface area contributed by atoms with Gasteiger partial charge in [-0.1, -0.05) is 36.8 Å². The number of halogens is 1. The summed E-state index contributed by atoms with van der Waals surface area (Å²) in [5.74, 6) is 1.99. The summed E-state index contributed by atoms with van der Waals surface area (Å²) in [6.07, 6.45) is 4.77. The van der Waals surface area contributed by atoms with E-state index in [2.05, 4.69) is 27.9 Å². The smallest absolute Gasteiger partial charge is 0.247 e. The molecule has 43 heavy (non-hydrogen) atoms. The van der Waals surface area contributed by atoms with E-state index in [0.717, 1.165) is 12.0 Å². The number of rotatable bonds is 12. The fourth-order valence-electron chi connectivity index (χ4n) is 7.03. The van der Waals surface area contributed by atoms with E-state index in [1.807, 2.05) is 30.3 Å². The molecule has 3 aliphatic carbocycles. The lowest BCUT2D eigenvalue weighted by molar-refractivity contribution is -0.141. The molecule has 232 valence electrons. The summed E-state index contributed by atoms with van der Waals surface area (Å²) in [5, 5.41) is 33.5. The number of hydrogen-bond acceptors (Lipinski definition) is 7. The fourth-order valence-corrected chi connectivity index (χ4v) is 7.83. The number of carbonyl (C=O) groups excluding carboxylic acids is 2. The largest absolute Gasteiger partial charge is 0.493 e. The van der Waals surface area contributed by atoms with Gasteiger partial charge in [0.1, 0.15) is 12.2 Å². The minimum absolute atomic E-state index is 0.0271. The third-order valence-corrected chi connectivity index (χ3v) is 9.98. The van der Waals surface area contributed by atoms with E-state index in [-0.39, 0.29) is 38.0 Å². The molecule has 0 heterocycles. The summed E-state index contributed by atoms with van der Waals surface area (Å²) in [6.45, 7) is 0.00144. The van der Waals surface area contributed by atoms with Crippen LogP contribution in [0.4, 0.5) is 0 Å². The van der Waals surface area contributed by atoms with E-state index in [9.17, 15) is 24.9 Å². The molecule has 0 saturated heterocycles. The Labute approximate surface area is 266 Å². The molecule has 0 spiro atoms. The van der Waals surface area contributed by atoms with Gasteiger partial charge in [0.05, 0.1) is 29.9 Å². The molecule has 3 aliphatic rings. The second kappa shape index (κ2) is 14.4. The molecule has 10 heteroatoms. The number of fused-ring (bicyclic) bond motifs is 2. The normalized spacial score (nSPS) is 26.1. The predicted octanol–water partition coefficient (Wildman–Crippen LogP) is 3.56. The highest BCUT2D eigenvalue weighted by Gasteiger charge is 2.44. The lowest BCUT2D eigenvalue weighted by Crippen LogP contribution is -2.55. The molecule has 2 bridgehead atoms. The Kier molecular flexibility index (Phi) is 10.6. The van der Waals surface area contributed by atoms with E-state index >= 15 is 0 Å². The van der Waals surface area contributed by atoms with Crippen LogP contribution in [0.25, 0.3) is 0 Å². The Morgan fingerprint density at radius 3 is 2.53 bits per heavy atom. The van der Waals surface area contributed by atoms with Crippen LogP contribution in [0.2, 0.25) is 0 Å². The van der Waals surface area contributed by atoms with E-state index in [1.54, 1.807) is 23.1 Å². The third-order valence-electron chi connectivity index (χ3n) is 9.18. The number of nitrogens with zero attached hydrogens (tertiary/aromatic N) is 1. The minimum atomic E-state index is -1.14. The number of amides is 2. The van der Waals surface area contributed by atoms with Crippen molar-refractivity contribution in [2.75, 3.05) is 20.3 Å². The maximum absolute atomic E-state index is 14.1. The number of aliphatic hydroxyl groups is 3. The molecule has 2 aromatic carbocycles. The molecule has 0 aromatic heterocycles. The van der Waals surface area contributed by atoms with Crippen LogP contribution in [-0.4, -0.2) is 70.5 Å². The zero-order valence-electron chi connectivity index (χ0n) is 24.5. The van der Waals surface area contributed by atoms with Gasteiger partial charge in [0.25, 0.3) is 0 Å². The summed E-state index contributed by atoms with van der Waals surface area (Å²) in [5.41, 5.74) is 1.96. The van der Waals surface area contributed by atoms with Crippen LogP contribution < -0.4 is 14.8 Å². The van der Waals surface area contributed by atoms with Crippen LogP contribution in [0.15, 0.2) is 54.1 Å². The molecule has 9 nitrogen and oxygen atoms in total. The van der Waals surface area contributed by atoms with Crippen molar-refractivity contribution in [1.29, 1.82) is 0 Å². The van der Waals surface area contributed by atoms with Gasteiger partial charge in [-0.25, -0.2) is 0 Å². The molecule has 5 rings (SSSR count). The number of carbonyl (C=O) groups is 2. The number of ether oxygens (including phenoxy) is 2. The predicted molar refractivity (Wildman–Crippen MR) is 169 cm³/mol. The first kappa shape index (κ1) is 31.7. The van der Waals surface area contributed by atoms with Crippen molar-refractivity contribution in [2.45, 2.75) is 69.9 Å². The van der Waals surface area contributed by atoms with Crippen LogP contribution in [0.3, 0.4) is 0 Å². The molecule has 2 saturated carbocycles. The Hall–Kier alpha value is -2.67. The number of aliphatic hydroxyl groups excluding tert-OH is 3. The van der Waals surface area contributed by atoms with Crippen molar-refractivity contribution in [3.05, 3.63) is 68.8 Å². The highest BCUT2D eigenvalue weighted by atomic mass is 127. The van der Waals surface area contributed by atoms with Crippen molar-refractivity contribution >= 4 is 34.4 Å². The first-order valence-corrected chi connectivity index (χ1v) is 16.1. The van der Waals surface area contributed by atoms with Crippen LogP contribution in [0, 0.1) is 21.3 Å². The average molecular weight is 705 g/mol. The van der Waals surface area contributed by atoms with Crippen LogP contribution in [0.5, 0.6) is 11.5 Å². The van der Waals surface area contributed by atoms with Gasteiger partial charge in [-0.2, -0.15) is 0 Å². The standard InChI is InChI=1S/C33H41IN2O7/c1-42-29-14-22(19-38)13-26(34)32(29)43-28-16-25(33(41)35-9-10-37)15-27(31(28)40)36(18-20-5-3-2-4-6-20)30(39)17-24-12-21-7-8-23(24)11-21/h2-6,13-14,16,21,23-24,27-28,31,37-38,40H,7-12,15,17-19H2,1H3,(H,35,41). The number of methoxy groups -OCH3 is 1. The van der Waals surface area contributed by atoms with Crippen molar-refractivity contribution in [2.24, 2.45) is 17.8 Å². The molecule has 4 N–H and O–H groups in total. The van der Waals surface area contributed by atoms with E-state index < -0.39 is 18.2 Å². The quantitative estimate of drug-likeness (QED) is 0.249. The summed E-state index contributed by atoms with van der Waals surface area (Å²) in [4.78, 5) is 29.1. The highest BCUT2D eigenvalue weighted by Crippen LogP contribution is 2.50. The fraction of sp³-hybridized carbons (Fsp3) is 0.515. The van der Waals surface area contributed by atoms with Gasteiger partial charge in [0.2, 0.25) is 11.8 Å². The summed E-state index contributed by atoms with van der Waals surface area (Å²) >= 11 is 2.09. The molecular weight excluding hydrogens is 663 g/mol. The topological polar surface area (TPSA) is 129 Å². The van der Waals surface area contributed by atoms with Crippen molar-refractivity contribution < 1.29 is 34.4 Å². The maximum atomic E-state index is 14.1. The molecule has 2 aromatic rings. The lowest BCUT2D eigenvalue weighted by atomic mass is 9.84. The molecule has 0 aliphatic heterocycles. The van der Waals surface area contributed by atoms with Crippen molar-refractivity contribution in [3.63, 3.8) is 0 Å². The number of benzene rings is 2. The van der Waals surface area contributed by atoms with Gasteiger partial charge in [0, 0.05) is 31.5 Å². The Morgan fingerprint density at radius 1 is 1.09 bits per heavy atom. The van der Waals surface area contributed by atoms with Gasteiger partial charge in [-0.15, -0.1) is 0 Å². The zero-order chi connectivity index (χ0) is 30.5. The molecule has 6 unspecified atom stereocenters. The van der Waals surface area contributed by atoms with E-state index in [1.165, 1.54) is 26.4 Å². The highest BCUT2D eigenvalue weighted by molar-refractivity contribution is 14.1. The van der Waals surface area contributed by atoms with Gasteiger partial charge in [-0.05, 0) is 88.9 Å². The van der Waals surface area contributed by atoms with Gasteiger partial charge < -0.3 is 35.0 Å². The maximum Gasteiger partial charge on any atom is 0.247 e. The summed E-state index contributed by atoms with van der Waals surface area (Å²) in [7, 11) is 1.50. The molecule has 6 atom stereocenters. The van der Waals surface area contributed by atoms with E-state index in [0.29, 0.717) is 56.9 Å². The number of nitrogens with one attached hydrogen (secondary N) is 1. The Morgan fingerprint density at radius 2 is 1.88 bits per heavy atom. The Balaban J connectivity index is 1.48. The van der Waals surface area contributed by atoms with Crippen LogP contribution in [-0.2, 0) is 22.7 Å². The first-order chi connectivity index (χ1) is 20.8. The number of hydrogen-bond donors (Lipinski definition) is 4. The van der Waals surface area contributed by atoms with Gasteiger partial charge >= 0.3 is 0 Å². The molecular formula is C33H41IN2O7. The van der Waals surface area contributed by atoms with Crippen LogP contribution in [0.1, 0.15) is 49.7 Å². The van der Waals surface area contributed by atoms with Gasteiger partial charge in [-0.3, -0.25) is 9.59 Å². The SMILES string of the molecule is COc1cc(CO)cc(I)c1OC1C=C(C(=O)NCCO)CC(N(Cc2ccccc2)C(=O)CC2CC3CCC2C3)C1O. The second-order valence-electron chi connectivity index (χ2n) is 11.9. The summed E-state index contributed by atoms with van der Waals surface area (Å²) < 4.78 is 12.6. The van der Waals surface area contributed by atoms with Crippen molar-refractivity contribution in [1.82, 2.24) is 10.2 Å². The Bertz CT molecular complexity index is 1320. The first-order valence-electron chi connectivity index (χ1n) is 15.1. The minimum Gasteiger partial charge on any atom is -0.493 e. The van der Waals surface area contributed by atoms with E-state index in [4.69, 9.17) is 9.47 Å². The van der Waals surface area contributed by atoms with Crippen molar-refractivity contribution in [3.8, 4) is 11.5 Å². The summed E-state index contributed by atoms with van der Waals surface area (Å²) in [6, 6.07) is 12.4. The monoisotopic (exact) mass is 704 g/mol. The van der Waals surface area contributed by atoms with Crippen LogP contribution >= 0.6 is 22.6 Å². The molecule has 2 amide bonds. The zero-order valence-corrected chi connectivity index (χ0v) is 26.6. The molecule has 2 fully saturated rings. The average Bonchev–Trinajstić information content (AvgIpc) is 3.64. The lowest BCUT2D eigenvalue weighted by Gasteiger charge is -2.41. The second-order valence-corrected chi connectivity index (χ2v) is 13.1. The third kappa shape index (κ3) is 7.35.